The Kier molecular flexibility index (Phi) is 8.50. The van der Waals surface area contributed by atoms with Gasteiger partial charge in [0.15, 0.2) is 0 Å². The second kappa shape index (κ2) is 12.0. The second-order valence-electron chi connectivity index (χ2n) is 8.69. The van der Waals surface area contributed by atoms with Crippen LogP contribution in [0, 0.1) is 0 Å². The molecule has 0 aliphatic carbocycles. The van der Waals surface area contributed by atoms with Crippen molar-refractivity contribution in [2.45, 2.75) is 52.4 Å². The molecular weight excluding hydrogens is 455 g/mol. The van der Waals surface area contributed by atoms with Crippen molar-refractivity contribution in [3.8, 4) is 17.2 Å². The number of aryl methyl sites for hydroxylation is 2. The van der Waals surface area contributed by atoms with Crippen molar-refractivity contribution in [3.63, 3.8) is 0 Å². The van der Waals surface area contributed by atoms with Gasteiger partial charge in [-0.1, -0.05) is 87.4 Å². The van der Waals surface area contributed by atoms with Gasteiger partial charge in [-0.2, -0.15) is 4.57 Å². The number of hydrogen-bond acceptors (Lipinski definition) is 4. The smallest absolute Gasteiger partial charge is 0.386 e. The lowest BCUT2D eigenvalue weighted by atomic mass is 10.1. The molecule has 0 spiro atoms. The van der Waals surface area contributed by atoms with E-state index < -0.39 is 7.82 Å². The maximum absolute atomic E-state index is 14.0. The number of phosphoric ester groups is 1. The minimum absolute atomic E-state index is 0.438. The molecule has 0 fully saturated rings. The average molecular weight is 489 g/mol. The summed E-state index contributed by atoms with van der Waals surface area (Å²) in [6.45, 7) is 4.35. The first-order chi connectivity index (χ1) is 17.1. The summed E-state index contributed by atoms with van der Waals surface area (Å²) in [4.78, 5) is 0. The van der Waals surface area contributed by atoms with Gasteiger partial charge in [-0.05, 0) is 72.5 Å². The molecule has 0 N–H and O–H groups in total. The molecule has 35 heavy (non-hydrogen) atoms. The molecule has 0 saturated carbocycles. The maximum Gasteiger partial charge on any atom is 0.647 e. The molecule has 4 aromatic carbocycles. The highest BCUT2D eigenvalue weighted by atomic mass is 31.2. The third-order valence-electron chi connectivity index (χ3n) is 5.88. The summed E-state index contributed by atoms with van der Waals surface area (Å²) < 4.78 is 31.9. The predicted molar refractivity (Wildman–Crippen MR) is 144 cm³/mol. The molecule has 182 valence electrons. The fourth-order valence-electron chi connectivity index (χ4n) is 3.91. The standard InChI is InChI=1S/C30H33O4P/c1-3-5-10-24-16-20-27(21-17-24)32-35(31,33-28-22-18-25(19-23-28)11-6-4-2)34-30-15-9-13-26-12-7-8-14-29(26)30/h7-9,12-23H,3-6,10-11H2,1-2H3. The summed E-state index contributed by atoms with van der Waals surface area (Å²) in [5.74, 6) is 1.33. The average Bonchev–Trinajstić information content (AvgIpc) is 2.88. The minimum atomic E-state index is -4.06. The Bertz CT molecular complexity index is 1200. The van der Waals surface area contributed by atoms with Crippen molar-refractivity contribution in [2.75, 3.05) is 0 Å². The highest BCUT2D eigenvalue weighted by molar-refractivity contribution is 7.49. The van der Waals surface area contributed by atoms with Crippen LogP contribution in [-0.4, -0.2) is 0 Å². The van der Waals surface area contributed by atoms with E-state index >= 15 is 0 Å². The molecule has 4 nitrogen and oxygen atoms in total. The van der Waals surface area contributed by atoms with Crippen molar-refractivity contribution in [1.82, 2.24) is 0 Å². The molecular formula is C30H33O4P. The molecule has 0 saturated heterocycles. The van der Waals surface area contributed by atoms with E-state index in [2.05, 4.69) is 13.8 Å². The molecule has 0 aromatic heterocycles. The summed E-state index contributed by atoms with van der Waals surface area (Å²) in [7, 11) is -4.06. The van der Waals surface area contributed by atoms with Gasteiger partial charge < -0.3 is 13.6 Å². The van der Waals surface area contributed by atoms with Crippen LogP contribution in [0.1, 0.15) is 50.7 Å². The first kappa shape index (κ1) is 24.9. The zero-order valence-electron chi connectivity index (χ0n) is 20.5. The van der Waals surface area contributed by atoms with E-state index in [4.69, 9.17) is 13.6 Å². The van der Waals surface area contributed by atoms with Crippen molar-refractivity contribution in [3.05, 3.63) is 102 Å². The van der Waals surface area contributed by atoms with Gasteiger partial charge in [-0.15, -0.1) is 0 Å². The first-order valence-electron chi connectivity index (χ1n) is 12.4. The quantitative estimate of drug-likeness (QED) is 0.187. The van der Waals surface area contributed by atoms with Crippen LogP contribution in [-0.2, 0) is 17.4 Å². The SMILES string of the molecule is CCCCc1ccc(OP(=O)(Oc2ccc(CCCC)cc2)Oc2cccc3ccccc23)cc1. The lowest BCUT2D eigenvalue weighted by Gasteiger charge is -2.20. The molecule has 0 bridgehead atoms. The van der Waals surface area contributed by atoms with E-state index in [9.17, 15) is 4.57 Å². The topological polar surface area (TPSA) is 44.8 Å². The Morgan fingerprint density at radius 3 is 1.66 bits per heavy atom. The van der Waals surface area contributed by atoms with Gasteiger partial charge in [0.25, 0.3) is 0 Å². The van der Waals surface area contributed by atoms with E-state index in [0.29, 0.717) is 17.2 Å². The van der Waals surface area contributed by atoms with Gasteiger partial charge >= 0.3 is 7.82 Å². The molecule has 0 unspecified atom stereocenters. The van der Waals surface area contributed by atoms with Crippen LogP contribution < -0.4 is 13.6 Å². The Labute approximate surface area is 208 Å². The summed E-state index contributed by atoms with van der Waals surface area (Å²) in [6.07, 6.45) is 6.53. The Hall–Kier alpha value is -3.23. The normalized spacial score (nSPS) is 11.4. The van der Waals surface area contributed by atoms with E-state index in [0.717, 1.165) is 49.3 Å². The molecule has 0 atom stereocenters. The third-order valence-corrected chi connectivity index (χ3v) is 7.17. The number of benzene rings is 4. The highest BCUT2D eigenvalue weighted by Gasteiger charge is 2.33. The number of unbranched alkanes of at least 4 members (excludes halogenated alkanes) is 2. The van der Waals surface area contributed by atoms with Crippen LogP contribution in [0.5, 0.6) is 17.2 Å². The number of fused-ring (bicyclic) bond motifs is 1. The number of rotatable bonds is 12. The summed E-state index contributed by atoms with van der Waals surface area (Å²) in [5.41, 5.74) is 2.43. The van der Waals surface area contributed by atoms with Gasteiger partial charge in [-0.25, -0.2) is 0 Å². The first-order valence-corrected chi connectivity index (χ1v) is 13.9. The van der Waals surface area contributed by atoms with E-state index in [1.165, 1.54) is 11.1 Å². The van der Waals surface area contributed by atoms with Crippen molar-refractivity contribution >= 4 is 18.6 Å². The predicted octanol–water partition coefficient (Wildman–Crippen LogP) is 9.17. The Morgan fingerprint density at radius 1 is 0.600 bits per heavy atom. The van der Waals surface area contributed by atoms with Crippen molar-refractivity contribution < 1.29 is 18.1 Å². The van der Waals surface area contributed by atoms with Crippen LogP contribution in [0.4, 0.5) is 0 Å². The summed E-state index contributed by atoms with van der Waals surface area (Å²) in [6, 6.07) is 28.7. The Morgan fingerprint density at radius 2 is 1.11 bits per heavy atom. The van der Waals surface area contributed by atoms with Gasteiger partial charge in [0.1, 0.15) is 17.2 Å². The van der Waals surface area contributed by atoms with Crippen LogP contribution in [0.25, 0.3) is 10.8 Å². The minimum Gasteiger partial charge on any atom is -0.386 e. The van der Waals surface area contributed by atoms with Crippen LogP contribution >= 0.6 is 7.82 Å². The summed E-state index contributed by atoms with van der Waals surface area (Å²) >= 11 is 0. The van der Waals surface area contributed by atoms with Crippen LogP contribution in [0.2, 0.25) is 0 Å². The molecule has 0 heterocycles. The van der Waals surface area contributed by atoms with E-state index in [-0.39, 0.29) is 0 Å². The Balaban J connectivity index is 1.61. The molecule has 0 aliphatic heterocycles. The summed E-state index contributed by atoms with van der Waals surface area (Å²) in [5, 5.41) is 1.82. The van der Waals surface area contributed by atoms with Gasteiger partial charge in [-0.3, -0.25) is 0 Å². The van der Waals surface area contributed by atoms with Gasteiger partial charge in [0.05, 0.1) is 0 Å². The highest BCUT2D eigenvalue weighted by Crippen LogP contribution is 2.51. The van der Waals surface area contributed by atoms with Crippen molar-refractivity contribution in [1.29, 1.82) is 0 Å². The maximum atomic E-state index is 14.0. The molecule has 4 aromatic rings. The zero-order valence-corrected chi connectivity index (χ0v) is 21.4. The zero-order chi connectivity index (χ0) is 24.5. The van der Waals surface area contributed by atoms with Crippen molar-refractivity contribution in [2.24, 2.45) is 0 Å². The van der Waals surface area contributed by atoms with E-state index in [1.54, 1.807) is 6.07 Å². The second-order valence-corrected chi connectivity index (χ2v) is 10.1. The third kappa shape index (κ3) is 6.90. The fourth-order valence-corrected chi connectivity index (χ4v) is 5.18. The molecule has 4 rings (SSSR count). The van der Waals surface area contributed by atoms with Gasteiger partial charge in [0.2, 0.25) is 0 Å². The number of hydrogen-bond donors (Lipinski definition) is 0. The van der Waals surface area contributed by atoms with E-state index in [1.807, 2.05) is 84.9 Å². The fraction of sp³-hybridized carbons (Fsp3) is 0.267. The lowest BCUT2D eigenvalue weighted by Crippen LogP contribution is -2.08. The van der Waals surface area contributed by atoms with Crippen LogP contribution in [0.3, 0.4) is 0 Å². The molecule has 0 aliphatic rings. The molecule has 0 radical (unpaired) electrons. The molecule has 0 amide bonds. The molecule has 5 heteroatoms. The largest absolute Gasteiger partial charge is 0.647 e. The van der Waals surface area contributed by atoms with Gasteiger partial charge in [0, 0.05) is 5.39 Å². The van der Waals surface area contributed by atoms with Crippen LogP contribution in [0.15, 0.2) is 91.0 Å². The monoisotopic (exact) mass is 488 g/mol. The number of phosphoric acid groups is 1. The lowest BCUT2D eigenvalue weighted by molar-refractivity contribution is 0.299.